The molecule has 0 fully saturated rings. The van der Waals surface area contributed by atoms with Crippen LogP contribution in [-0.4, -0.2) is 37.6 Å². The van der Waals surface area contributed by atoms with Gasteiger partial charge in [-0.15, -0.1) is 0 Å². The number of nitrogens with zero attached hydrogens (tertiary/aromatic N) is 1. The van der Waals surface area contributed by atoms with Gasteiger partial charge in [0.25, 0.3) is 5.91 Å². The van der Waals surface area contributed by atoms with E-state index < -0.39 is 0 Å². The zero-order chi connectivity index (χ0) is 16.9. The Balaban J connectivity index is 1.67. The number of fused-ring (bicyclic) bond motifs is 1. The summed E-state index contributed by atoms with van der Waals surface area (Å²) in [4.78, 5) is 14.2. The average molecular weight is 329 g/mol. The van der Waals surface area contributed by atoms with Crippen molar-refractivity contribution in [3.05, 3.63) is 65.0 Å². The fourth-order valence-electron chi connectivity index (χ4n) is 2.81. The van der Waals surface area contributed by atoms with Gasteiger partial charge in [-0.2, -0.15) is 0 Å². The van der Waals surface area contributed by atoms with E-state index in [9.17, 15) is 9.18 Å². The summed E-state index contributed by atoms with van der Waals surface area (Å²) in [6, 6.07) is 11.8. The van der Waals surface area contributed by atoms with Gasteiger partial charge in [0, 0.05) is 25.8 Å². The van der Waals surface area contributed by atoms with E-state index in [-0.39, 0.29) is 11.7 Å². The first-order chi connectivity index (χ1) is 11.7. The van der Waals surface area contributed by atoms with Gasteiger partial charge in [0.15, 0.2) is 0 Å². The average Bonchev–Trinajstić information content (AvgIpc) is 2.59. The molecule has 4 nitrogen and oxygen atoms in total. The minimum absolute atomic E-state index is 0.0324. The van der Waals surface area contributed by atoms with Crippen LogP contribution in [0.1, 0.15) is 21.5 Å². The van der Waals surface area contributed by atoms with Crippen molar-refractivity contribution in [2.75, 3.05) is 26.8 Å². The van der Waals surface area contributed by atoms with Gasteiger partial charge in [0.05, 0.1) is 6.61 Å². The van der Waals surface area contributed by atoms with E-state index in [0.717, 1.165) is 23.1 Å². The fraction of sp³-hybridized carbons (Fsp3) is 0.316. The maximum Gasteiger partial charge on any atom is 0.254 e. The summed E-state index contributed by atoms with van der Waals surface area (Å²) in [5, 5.41) is 0. The topological polar surface area (TPSA) is 38.8 Å². The van der Waals surface area contributed by atoms with Crippen molar-refractivity contribution in [2.24, 2.45) is 0 Å². The van der Waals surface area contributed by atoms with E-state index in [4.69, 9.17) is 9.47 Å². The number of amides is 1. The van der Waals surface area contributed by atoms with Crippen LogP contribution in [0.15, 0.2) is 42.5 Å². The third-order valence-electron chi connectivity index (χ3n) is 4.11. The monoisotopic (exact) mass is 329 g/mol. The normalized spacial score (nSPS) is 13.8. The van der Waals surface area contributed by atoms with Gasteiger partial charge in [0.2, 0.25) is 0 Å². The summed E-state index contributed by atoms with van der Waals surface area (Å²) in [5.41, 5.74) is 2.48. The van der Waals surface area contributed by atoms with Crippen LogP contribution < -0.4 is 4.74 Å². The first kappa shape index (κ1) is 16.5. The smallest absolute Gasteiger partial charge is 0.254 e. The number of halogens is 1. The lowest BCUT2D eigenvalue weighted by molar-refractivity contribution is 0.0678. The van der Waals surface area contributed by atoms with E-state index in [1.165, 1.54) is 12.1 Å². The lowest BCUT2D eigenvalue weighted by Crippen LogP contribution is -2.39. The molecule has 5 heteroatoms. The molecule has 1 aliphatic heterocycles. The SMILES string of the molecule is COCCN1CCc2cc(OCc3cccc(F)c3)ccc2C1=O. The number of ether oxygens (including phenoxy) is 2. The first-order valence-corrected chi connectivity index (χ1v) is 7.96. The summed E-state index contributed by atoms with van der Waals surface area (Å²) in [6.07, 6.45) is 0.794. The molecule has 3 rings (SSSR count). The van der Waals surface area contributed by atoms with E-state index in [1.807, 2.05) is 12.1 Å². The Morgan fingerprint density at radius 1 is 1.21 bits per heavy atom. The third-order valence-corrected chi connectivity index (χ3v) is 4.11. The number of carbonyl (C=O) groups excluding carboxylic acids is 1. The van der Waals surface area contributed by atoms with Crippen molar-refractivity contribution in [2.45, 2.75) is 13.0 Å². The lowest BCUT2D eigenvalue weighted by atomic mass is 9.98. The van der Waals surface area contributed by atoms with Gasteiger partial charge in [-0.1, -0.05) is 12.1 Å². The van der Waals surface area contributed by atoms with Gasteiger partial charge in [-0.3, -0.25) is 4.79 Å². The second-order valence-electron chi connectivity index (χ2n) is 5.77. The Morgan fingerprint density at radius 3 is 2.88 bits per heavy atom. The van der Waals surface area contributed by atoms with Crippen molar-refractivity contribution in [3.8, 4) is 5.75 Å². The van der Waals surface area contributed by atoms with Crippen LogP contribution in [0, 0.1) is 5.82 Å². The zero-order valence-electron chi connectivity index (χ0n) is 13.6. The van der Waals surface area contributed by atoms with Crippen LogP contribution in [-0.2, 0) is 17.8 Å². The molecule has 0 bridgehead atoms. The molecule has 1 amide bonds. The van der Waals surface area contributed by atoms with Crippen LogP contribution in [0.25, 0.3) is 0 Å². The Morgan fingerprint density at radius 2 is 2.08 bits per heavy atom. The highest BCUT2D eigenvalue weighted by Gasteiger charge is 2.24. The van der Waals surface area contributed by atoms with E-state index in [2.05, 4.69) is 0 Å². The second kappa shape index (κ2) is 7.45. The van der Waals surface area contributed by atoms with Crippen molar-refractivity contribution in [3.63, 3.8) is 0 Å². The predicted molar refractivity (Wildman–Crippen MR) is 88.7 cm³/mol. The molecule has 1 aliphatic rings. The first-order valence-electron chi connectivity index (χ1n) is 7.96. The molecule has 0 unspecified atom stereocenters. The number of benzene rings is 2. The van der Waals surface area contributed by atoms with Crippen molar-refractivity contribution >= 4 is 5.91 Å². The maximum atomic E-state index is 13.2. The summed E-state index contributed by atoms with van der Waals surface area (Å²) >= 11 is 0. The second-order valence-corrected chi connectivity index (χ2v) is 5.77. The number of rotatable bonds is 6. The molecule has 0 saturated heterocycles. The van der Waals surface area contributed by atoms with Crippen LogP contribution in [0.4, 0.5) is 4.39 Å². The molecular formula is C19H20FNO3. The Kier molecular flexibility index (Phi) is 5.11. The summed E-state index contributed by atoms with van der Waals surface area (Å²) in [5.74, 6) is 0.449. The molecule has 0 atom stereocenters. The molecule has 1 heterocycles. The minimum atomic E-state index is -0.275. The Labute approximate surface area is 140 Å². The largest absolute Gasteiger partial charge is 0.489 e. The summed E-state index contributed by atoms with van der Waals surface area (Å²) in [7, 11) is 1.63. The molecule has 126 valence electrons. The van der Waals surface area contributed by atoms with Crippen molar-refractivity contribution in [1.82, 2.24) is 4.90 Å². The minimum Gasteiger partial charge on any atom is -0.489 e. The molecule has 24 heavy (non-hydrogen) atoms. The van der Waals surface area contributed by atoms with Gasteiger partial charge in [0.1, 0.15) is 18.2 Å². The van der Waals surface area contributed by atoms with Crippen molar-refractivity contribution < 1.29 is 18.7 Å². The van der Waals surface area contributed by atoms with Gasteiger partial charge < -0.3 is 14.4 Å². The summed E-state index contributed by atoms with van der Waals surface area (Å²) in [6.45, 7) is 2.12. The number of methoxy groups -OCH3 is 1. The highest BCUT2D eigenvalue weighted by Crippen LogP contribution is 2.24. The molecule has 0 spiro atoms. The van der Waals surface area contributed by atoms with Crippen LogP contribution >= 0.6 is 0 Å². The standard InChI is InChI=1S/C19H20FNO3/c1-23-10-9-21-8-7-15-12-17(5-6-18(15)19(21)22)24-13-14-3-2-4-16(20)11-14/h2-6,11-12H,7-10,13H2,1H3. The fourth-order valence-corrected chi connectivity index (χ4v) is 2.81. The molecule has 2 aromatic rings. The molecule has 0 N–H and O–H groups in total. The highest BCUT2D eigenvalue weighted by molar-refractivity contribution is 5.96. The molecule has 0 aromatic heterocycles. The quantitative estimate of drug-likeness (QED) is 0.818. The summed E-state index contributed by atoms with van der Waals surface area (Å²) < 4.78 is 23.9. The molecule has 0 radical (unpaired) electrons. The van der Waals surface area contributed by atoms with E-state index in [1.54, 1.807) is 30.2 Å². The van der Waals surface area contributed by atoms with Crippen molar-refractivity contribution in [1.29, 1.82) is 0 Å². The zero-order valence-corrected chi connectivity index (χ0v) is 13.6. The predicted octanol–water partition coefficient (Wildman–Crippen LogP) is 3.05. The van der Waals surface area contributed by atoms with E-state index >= 15 is 0 Å². The third kappa shape index (κ3) is 3.74. The lowest BCUT2D eigenvalue weighted by Gasteiger charge is -2.28. The maximum absolute atomic E-state index is 13.2. The highest BCUT2D eigenvalue weighted by atomic mass is 19.1. The molecule has 0 aliphatic carbocycles. The van der Waals surface area contributed by atoms with Gasteiger partial charge in [-0.25, -0.2) is 4.39 Å². The number of hydrogen-bond donors (Lipinski definition) is 0. The van der Waals surface area contributed by atoms with Crippen LogP contribution in [0.2, 0.25) is 0 Å². The van der Waals surface area contributed by atoms with Crippen LogP contribution in [0.3, 0.4) is 0 Å². The molecule has 0 saturated carbocycles. The number of hydrogen-bond acceptors (Lipinski definition) is 3. The van der Waals surface area contributed by atoms with Gasteiger partial charge in [-0.05, 0) is 47.9 Å². The Hall–Kier alpha value is -2.40. The molecule has 2 aromatic carbocycles. The van der Waals surface area contributed by atoms with Gasteiger partial charge >= 0.3 is 0 Å². The van der Waals surface area contributed by atoms with Crippen LogP contribution in [0.5, 0.6) is 5.75 Å². The van der Waals surface area contributed by atoms with E-state index in [0.29, 0.717) is 32.1 Å². The molecular weight excluding hydrogens is 309 g/mol. The number of carbonyl (C=O) groups is 1. The Bertz CT molecular complexity index is 732.